The Morgan fingerprint density at radius 1 is 1.12 bits per heavy atom. The number of aliphatic hydroxyl groups is 1. The van der Waals surface area contributed by atoms with Gasteiger partial charge in [-0.1, -0.05) is 23.7 Å². The average molecular weight is 372 g/mol. The molecule has 0 fully saturated rings. The standard InChI is InChI=1S/C16H18ClNO5S/c1-22-9-10-23-13-5-7-14(8-6-13)24(20,21)18-15-4-2-3-12(11-19)16(15)17/h2-8,18-19H,9-11H2,1H3. The molecule has 0 bridgehead atoms. The molecule has 2 aromatic rings. The molecule has 0 aromatic heterocycles. The van der Waals surface area contributed by atoms with Crippen molar-refractivity contribution >= 4 is 27.3 Å². The minimum Gasteiger partial charge on any atom is -0.491 e. The smallest absolute Gasteiger partial charge is 0.261 e. The van der Waals surface area contributed by atoms with Crippen molar-refractivity contribution in [2.45, 2.75) is 11.5 Å². The lowest BCUT2D eigenvalue weighted by Crippen LogP contribution is -2.13. The van der Waals surface area contributed by atoms with E-state index in [9.17, 15) is 13.5 Å². The van der Waals surface area contributed by atoms with E-state index in [4.69, 9.17) is 21.1 Å². The van der Waals surface area contributed by atoms with Gasteiger partial charge in [-0.2, -0.15) is 0 Å². The Balaban J connectivity index is 2.16. The van der Waals surface area contributed by atoms with Gasteiger partial charge in [-0.25, -0.2) is 8.42 Å². The molecule has 6 nitrogen and oxygen atoms in total. The van der Waals surface area contributed by atoms with Crippen molar-refractivity contribution in [1.82, 2.24) is 0 Å². The Kier molecular flexibility index (Phi) is 6.44. The van der Waals surface area contributed by atoms with Crippen LogP contribution in [0.5, 0.6) is 5.75 Å². The van der Waals surface area contributed by atoms with Gasteiger partial charge in [0.15, 0.2) is 0 Å². The highest BCUT2D eigenvalue weighted by atomic mass is 35.5. The Morgan fingerprint density at radius 2 is 1.83 bits per heavy atom. The van der Waals surface area contributed by atoms with Crippen LogP contribution in [0.25, 0.3) is 0 Å². The fourth-order valence-corrected chi connectivity index (χ4v) is 3.30. The van der Waals surface area contributed by atoms with Gasteiger partial charge in [0.2, 0.25) is 0 Å². The number of methoxy groups -OCH3 is 1. The molecule has 8 heteroatoms. The average Bonchev–Trinajstić information content (AvgIpc) is 2.57. The summed E-state index contributed by atoms with van der Waals surface area (Å²) >= 11 is 6.08. The van der Waals surface area contributed by atoms with Crippen molar-refractivity contribution in [2.75, 3.05) is 25.0 Å². The van der Waals surface area contributed by atoms with E-state index in [-0.39, 0.29) is 22.2 Å². The van der Waals surface area contributed by atoms with Gasteiger partial charge in [-0.3, -0.25) is 4.72 Å². The van der Waals surface area contributed by atoms with E-state index < -0.39 is 10.0 Å². The molecule has 0 atom stereocenters. The SMILES string of the molecule is COCCOc1ccc(S(=O)(=O)Nc2cccc(CO)c2Cl)cc1. The van der Waals surface area contributed by atoms with Crippen molar-refractivity contribution in [3.05, 3.63) is 53.1 Å². The van der Waals surface area contributed by atoms with Gasteiger partial charge in [-0.05, 0) is 35.9 Å². The van der Waals surface area contributed by atoms with Gasteiger partial charge in [-0.15, -0.1) is 0 Å². The first kappa shape index (κ1) is 18.5. The lowest BCUT2D eigenvalue weighted by atomic mass is 10.2. The molecular formula is C16H18ClNO5S. The number of sulfonamides is 1. The van der Waals surface area contributed by atoms with E-state index in [1.807, 2.05) is 0 Å². The summed E-state index contributed by atoms with van der Waals surface area (Å²) in [6.45, 7) is 0.549. The molecule has 0 saturated heterocycles. The van der Waals surface area contributed by atoms with Crippen molar-refractivity contribution in [3.8, 4) is 5.75 Å². The molecule has 0 aliphatic carbocycles. The topological polar surface area (TPSA) is 84.9 Å². The number of benzene rings is 2. The Labute approximate surface area is 146 Å². The third-order valence-electron chi connectivity index (χ3n) is 3.18. The van der Waals surface area contributed by atoms with Gasteiger partial charge in [0.05, 0.1) is 28.8 Å². The van der Waals surface area contributed by atoms with Crippen molar-refractivity contribution < 1.29 is 23.0 Å². The van der Waals surface area contributed by atoms with Crippen LogP contribution in [-0.4, -0.2) is 33.8 Å². The molecule has 0 saturated carbocycles. The van der Waals surface area contributed by atoms with Crippen LogP contribution in [-0.2, 0) is 21.4 Å². The molecule has 24 heavy (non-hydrogen) atoms. The molecule has 130 valence electrons. The Hall–Kier alpha value is -1.80. The van der Waals surface area contributed by atoms with Crippen molar-refractivity contribution in [1.29, 1.82) is 0 Å². The highest BCUT2D eigenvalue weighted by Gasteiger charge is 2.17. The highest BCUT2D eigenvalue weighted by molar-refractivity contribution is 7.92. The minimum absolute atomic E-state index is 0.0760. The maximum absolute atomic E-state index is 12.4. The fourth-order valence-electron chi connectivity index (χ4n) is 1.94. The maximum Gasteiger partial charge on any atom is 0.261 e. The van der Waals surface area contributed by atoms with E-state index in [1.165, 1.54) is 18.2 Å². The molecule has 0 unspecified atom stereocenters. The number of rotatable bonds is 8. The van der Waals surface area contributed by atoms with Crippen LogP contribution in [0.2, 0.25) is 5.02 Å². The van der Waals surface area contributed by atoms with Crippen molar-refractivity contribution in [3.63, 3.8) is 0 Å². The number of ether oxygens (including phenoxy) is 2. The molecule has 0 aliphatic rings. The molecule has 0 aliphatic heterocycles. The van der Waals surface area contributed by atoms with Gasteiger partial charge >= 0.3 is 0 Å². The Bertz CT molecular complexity index is 778. The summed E-state index contributed by atoms with van der Waals surface area (Å²) in [6, 6.07) is 10.8. The first-order chi connectivity index (χ1) is 11.5. The zero-order chi connectivity index (χ0) is 17.6. The quantitative estimate of drug-likeness (QED) is 0.697. The summed E-state index contributed by atoms with van der Waals surface area (Å²) in [5.41, 5.74) is 0.655. The predicted octanol–water partition coefficient (Wildman–Crippen LogP) is 2.66. The number of aliphatic hydroxyl groups excluding tert-OH is 1. The second-order valence-corrected chi connectivity index (χ2v) is 6.92. The summed E-state index contributed by atoms with van der Waals surface area (Å²) in [5.74, 6) is 0.548. The summed E-state index contributed by atoms with van der Waals surface area (Å²) in [5, 5.41) is 9.36. The number of halogens is 1. The van der Waals surface area contributed by atoms with Crippen LogP contribution in [0.4, 0.5) is 5.69 Å². The largest absolute Gasteiger partial charge is 0.491 e. The van der Waals surface area contributed by atoms with Gasteiger partial charge < -0.3 is 14.6 Å². The highest BCUT2D eigenvalue weighted by Crippen LogP contribution is 2.28. The number of hydrogen-bond acceptors (Lipinski definition) is 5. The molecule has 2 aromatic carbocycles. The van der Waals surface area contributed by atoms with Gasteiger partial charge in [0, 0.05) is 7.11 Å². The third kappa shape index (κ3) is 4.61. The van der Waals surface area contributed by atoms with Crippen molar-refractivity contribution in [2.24, 2.45) is 0 Å². The molecule has 0 spiro atoms. The second-order valence-electron chi connectivity index (χ2n) is 4.85. The van der Waals surface area contributed by atoms with Crippen LogP contribution in [0.15, 0.2) is 47.4 Å². The van der Waals surface area contributed by atoms with Crippen LogP contribution in [0.3, 0.4) is 0 Å². The van der Waals surface area contributed by atoms with E-state index >= 15 is 0 Å². The molecule has 0 heterocycles. The molecule has 0 amide bonds. The summed E-state index contributed by atoms with van der Waals surface area (Å²) < 4.78 is 37.6. The zero-order valence-electron chi connectivity index (χ0n) is 13.0. The second kappa shape index (κ2) is 8.34. The van der Waals surface area contributed by atoms with E-state index in [2.05, 4.69) is 4.72 Å². The summed E-state index contributed by atoms with van der Waals surface area (Å²) in [4.78, 5) is 0.0760. The number of hydrogen-bond donors (Lipinski definition) is 2. The van der Waals surface area contributed by atoms with Crippen LogP contribution >= 0.6 is 11.6 Å². The van der Waals surface area contributed by atoms with E-state index in [0.717, 1.165) is 0 Å². The van der Waals surface area contributed by atoms with Crippen LogP contribution < -0.4 is 9.46 Å². The monoisotopic (exact) mass is 371 g/mol. The molecular weight excluding hydrogens is 354 g/mol. The van der Waals surface area contributed by atoms with Crippen LogP contribution in [0, 0.1) is 0 Å². The normalized spacial score (nSPS) is 11.3. The summed E-state index contributed by atoms with van der Waals surface area (Å²) in [6.07, 6.45) is 0. The number of nitrogens with one attached hydrogen (secondary N) is 1. The minimum atomic E-state index is -3.80. The lowest BCUT2D eigenvalue weighted by Gasteiger charge is -2.12. The third-order valence-corrected chi connectivity index (χ3v) is 5.01. The first-order valence-electron chi connectivity index (χ1n) is 7.11. The molecule has 2 rings (SSSR count). The van der Waals surface area contributed by atoms with Gasteiger partial charge in [0.25, 0.3) is 10.0 Å². The van der Waals surface area contributed by atoms with E-state index in [0.29, 0.717) is 24.5 Å². The predicted molar refractivity (Wildman–Crippen MR) is 92.0 cm³/mol. The lowest BCUT2D eigenvalue weighted by molar-refractivity contribution is 0.146. The first-order valence-corrected chi connectivity index (χ1v) is 8.97. The molecule has 0 radical (unpaired) electrons. The maximum atomic E-state index is 12.4. The summed E-state index contributed by atoms with van der Waals surface area (Å²) in [7, 11) is -2.23. The molecule has 2 N–H and O–H groups in total. The fraction of sp³-hybridized carbons (Fsp3) is 0.250. The number of anilines is 1. The van der Waals surface area contributed by atoms with Crippen LogP contribution in [0.1, 0.15) is 5.56 Å². The zero-order valence-corrected chi connectivity index (χ0v) is 14.6. The van der Waals surface area contributed by atoms with E-state index in [1.54, 1.807) is 31.4 Å². The Morgan fingerprint density at radius 3 is 2.46 bits per heavy atom. The van der Waals surface area contributed by atoms with Gasteiger partial charge in [0.1, 0.15) is 12.4 Å².